The number of carbonyl (C=O) groups is 1. The first-order valence-corrected chi connectivity index (χ1v) is 9.42. The number of amides is 1. The predicted molar refractivity (Wildman–Crippen MR) is 107 cm³/mol. The van der Waals surface area contributed by atoms with E-state index in [2.05, 4.69) is 25.3 Å². The maximum atomic E-state index is 12.5. The van der Waals surface area contributed by atoms with E-state index in [1.165, 1.54) is 11.3 Å². The van der Waals surface area contributed by atoms with Crippen molar-refractivity contribution in [3.8, 4) is 11.3 Å². The normalized spacial score (nSPS) is 12.6. The van der Waals surface area contributed by atoms with Crippen molar-refractivity contribution in [3.63, 3.8) is 0 Å². The van der Waals surface area contributed by atoms with Crippen molar-refractivity contribution in [1.82, 2.24) is 25.3 Å². The number of rotatable bonds is 5. The molecule has 4 rings (SSSR count). The van der Waals surface area contributed by atoms with Gasteiger partial charge >= 0.3 is 0 Å². The average molecular weight is 374 g/mol. The average Bonchev–Trinajstić information content (AvgIpc) is 3.17. The molecular weight excluding hydrogens is 352 g/mol. The lowest BCUT2D eigenvalue weighted by Gasteiger charge is -2.09. The van der Waals surface area contributed by atoms with Crippen molar-refractivity contribution >= 4 is 11.9 Å². The van der Waals surface area contributed by atoms with Gasteiger partial charge in [0.2, 0.25) is 5.95 Å². The zero-order valence-corrected chi connectivity index (χ0v) is 15.8. The van der Waals surface area contributed by atoms with Crippen LogP contribution >= 0.6 is 0 Å². The van der Waals surface area contributed by atoms with E-state index in [4.69, 9.17) is 5.73 Å². The Morgan fingerprint density at radius 3 is 2.93 bits per heavy atom. The van der Waals surface area contributed by atoms with Gasteiger partial charge in [-0.05, 0) is 49.9 Å². The van der Waals surface area contributed by atoms with Crippen LogP contribution in [-0.4, -0.2) is 32.4 Å². The van der Waals surface area contributed by atoms with Crippen molar-refractivity contribution in [3.05, 3.63) is 64.9 Å². The molecule has 3 aromatic rings. The number of carbonyl (C=O) groups excluding carboxylic acids is 1. The Morgan fingerprint density at radius 2 is 2.07 bits per heavy atom. The van der Waals surface area contributed by atoms with E-state index in [9.17, 15) is 4.79 Å². The molecule has 0 bridgehead atoms. The number of benzene rings is 1. The van der Waals surface area contributed by atoms with E-state index in [0.717, 1.165) is 36.3 Å². The molecule has 1 aliphatic carbocycles. The molecular formula is C21H22N6O. The molecule has 0 aliphatic heterocycles. The standard InChI is InChI=1S/C21H22N6O/c1-13-16-6-3-7-18(16)26-19(25-13)9-11-23-20(28)15-5-2-4-14(12-15)17-8-10-24-21(22)27-17/h2,4-5,8,10,12H,3,6-7,9,11H2,1H3,(H,23,28)(H2,22,24,27). The highest BCUT2D eigenvalue weighted by Crippen LogP contribution is 2.22. The van der Waals surface area contributed by atoms with Crippen LogP contribution < -0.4 is 11.1 Å². The summed E-state index contributed by atoms with van der Waals surface area (Å²) < 4.78 is 0. The Kier molecular flexibility index (Phi) is 4.97. The third-order valence-corrected chi connectivity index (χ3v) is 4.92. The number of nitrogens with one attached hydrogen (secondary N) is 1. The fourth-order valence-electron chi connectivity index (χ4n) is 3.54. The number of hydrogen-bond donors (Lipinski definition) is 2. The molecule has 0 spiro atoms. The predicted octanol–water partition coefficient (Wildman–Crippen LogP) is 2.29. The van der Waals surface area contributed by atoms with Crippen LogP contribution in [0.15, 0.2) is 36.5 Å². The van der Waals surface area contributed by atoms with Gasteiger partial charge in [-0.25, -0.2) is 19.9 Å². The van der Waals surface area contributed by atoms with Gasteiger partial charge in [-0.3, -0.25) is 4.79 Å². The van der Waals surface area contributed by atoms with Crippen LogP contribution in [0.3, 0.4) is 0 Å². The summed E-state index contributed by atoms with van der Waals surface area (Å²) in [6.07, 6.45) is 5.47. The summed E-state index contributed by atoms with van der Waals surface area (Å²) in [7, 11) is 0. The van der Waals surface area contributed by atoms with Gasteiger partial charge in [0.15, 0.2) is 0 Å². The van der Waals surface area contributed by atoms with Crippen LogP contribution in [0, 0.1) is 6.92 Å². The second kappa shape index (κ2) is 7.72. The Labute approximate surface area is 163 Å². The molecule has 2 aromatic heterocycles. The largest absolute Gasteiger partial charge is 0.368 e. The van der Waals surface area contributed by atoms with Gasteiger partial charge in [-0.2, -0.15) is 0 Å². The van der Waals surface area contributed by atoms with Gasteiger partial charge in [0.05, 0.1) is 5.69 Å². The molecule has 28 heavy (non-hydrogen) atoms. The van der Waals surface area contributed by atoms with E-state index in [1.807, 2.05) is 19.1 Å². The zero-order chi connectivity index (χ0) is 19.5. The van der Waals surface area contributed by atoms with E-state index < -0.39 is 0 Å². The van der Waals surface area contributed by atoms with E-state index in [0.29, 0.717) is 24.2 Å². The molecule has 0 saturated carbocycles. The van der Waals surface area contributed by atoms with E-state index in [-0.39, 0.29) is 11.9 Å². The molecule has 0 saturated heterocycles. The molecule has 3 N–H and O–H groups in total. The first-order chi connectivity index (χ1) is 13.6. The number of aryl methyl sites for hydroxylation is 2. The molecule has 1 aliphatic rings. The summed E-state index contributed by atoms with van der Waals surface area (Å²) in [6, 6.07) is 9.06. The molecule has 0 fully saturated rings. The Hall–Kier alpha value is -3.35. The first-order valence-electron chi connectivity index (χ1n) is 9.42. The minimum absolute atomic E-state index is 0.137. The highest BCUT2D eigenvalue weighted by Gasteiger charge is 2.17. The monoisotopic (exact) mass is 374 g/mol. The summed E-state index contributed by atoms with van der Waals surface area (Å²) in [5.74, 6) is 0.863. The number of nitrogen functional groups attached to an aromatic ring is 1. The van der Waals surface area contributed by atoms with Crippen molar-refractivity contribution < 1.29 is 4.79 Å². The van der Waals surface area contributed by atoms with Crippen LogP contribution in [0.2, 0.25) is 0 Å². The second-order valence-electron chi connectivity index (χ2n) is 6.89. The number of nitrogens with two attached hydrogens (primary N) is 1. The lowest BCUT2D eigenvalue weighted by Crippen LogP contribution is -2.26. The minimum Gasteiger partial charge on any atom is -0.368 e. The number of anilines is 1. The number of aromatic nitrogens is 4. The van der Waals surface area contributed by atoms with Gasteiger partial charge in [0.25, 0.3) is 5.91 Å². The summed E-state index contributed by atoms with van der Waals surface area (Å²) >= 11 is 0. The van der Waals surface area contributed by atoms with Crippen molar-refractivity contribution in [2.75, 3.05) is 12.3 Å². The maximum absolute atomic E-state index is 12.5. The Morgan fingerprint density at radius 1 is 1.18 bits per heavy atom. The lowest BCUT2D eigenvalue weighted by atomic mass is 10.1. The molecule has 0 radical (unpaired) electrons. The summed E-state index contributed by atoms with van der Waals surface area (Å²) in [5, 5.41) is 2.95. The van der Waals surface area contributed by atoms with Gasteiger partial charge < -0.3 is 11.1 Å². The van der Waals surface area contributed by atoms with Crippen LogP contribution in [0.5, 0.6) is 0 Å². The quantitative estimate of drug-likeness (QED) is 0.710. The smallest absolute Gasteiger partial charge is 0.251 e. The van der Waals surface area contributed by atoms with Crippen LogP contribution in [0.4, 0.5) is 5.95 Å². The SMILES string of the molecule is Cc1nc(CCNC(=O)c2cccc(-c3ccnc(N)n3)c2)nc2c1CCC2. The highest BCUT2D eigenvalue weighted by atomic mass is 16.1. The number of hydrogen-bond acceptors (Lipinski definition) is 6. The summed E-state index contributed by atoms with van der Waals surface area (Å²) in [5.41, 5.74) is 11.3. The van der Waals surface area contributed by atoms with Crippen molar-refractivity contribution in [2.24, 2.45) is 0 Å². The van der Waals surface area contributed by atoms with Gasteiger partial charge in [-0.1, -0.05) is 12.1 Å². The van der Waals surface area contributed by atoms with Gasteiger partial charge in [0.1, 0.15) is 5.82 Å². The van der Waals surface area contributed by atoms with Crippen LogP contribution in [0.25, 0.3) is 11.3 Å². The Bertz CT molecular complexity index is 1030. The van der Waals surface area contributed by atoms with Gasteiger partial charge in [0, 0.05) is 41.7 Å². The van der Waals surface area contributed by atoms with Gasteiger partial charge in [-0.15, -0.1) is 0 Å². The van der Waals surface area contributed by atoms with Crippen LogP contribution in [-0.2, 0) is 19.3 Å². The van der Waals surface area contributed by atoms with Crippen molar-refractivity contribution in [2.45, 2.75) is 32.6 Å². The maximum Gasteiger partial charge on any atom is 0.251 e. The molecule has 2 heterocycles. The number of nitrogens with zero attached hydrogens (tertiary/aromatic N) is 4. The topological polar surface area (TPSA) is 107 Å². The highest BCUT2D eigenvalue weighted by molar-refractivity contribution is 5.95. The lowest BCUT2D eigenvalue weighted by molar-refractivity contribution is 0.0954. The molecule has 7 heteroatoms. The first kappa shape index (κ1) is 18.0. The van der Waals surface area contributed by atoms with Crippen molar-refractivity contribution in [1.29, 1.82) is 0 Å². The fourth-order valence-corrected chi connectivity index (χ4v) is 3.54. The third-order valence-electron chi connectivity index (χ3n) is 4.92. The summed E-state index contributed by atoms with van der Waals surface area (Å²) in [6.45, 7) is 2.53. The fraction of sp³-hybridized carbons (Fsp3) is 0.286. The molecule has 1 aromatic carbocycles. The Balaban J connectivity index is 1.41. The molecule has 142 valence electrons. The zero-order valence-electron chi connectivity index (χ0n) is 15.8. The van der Waals surface area contributed by atoms with E-state index >= 15 is 0 Å². The summed E-state index contributed by atoms with van der Waals surface area (Å²) in [4.78, 5) is 29.9. The molecule has 1 amide bonds. The minimum atomic E-state index is -0.137. The molecule has 0 atom stereocenters. The van der Waals surface area contributed by atoms with Crippen LogP contribution in [0.1, 0.15) is 39.6 Å². The molecule has 0 unspecified atom stereocenters. The number of fused-ring (bicyclic) bond motifs is 1. The third kappa shape index (κ3) is 3.83. The molecule has 7 nitrogen and oxygen atoms in total. The second-order valence-corrected chi connectivity index (χ2v) is 6.89. The van der Waals surface area contributed by atoms with E-state index in [1.54, 1.807) is 24.4 Å².